The highest BCUT2D eigenvalue weighted by atomic mass is 127. The molecule has 0 fully saturated rings. The lowest BCUT2D eigenvalue weighted by atomic mass is 10.2. The molecule has 7 heteroatoms. The lowest BCUT2D eigenvalue weighted by Crippen LogP contribution is -2.21. The summed E-state index contributed by atoms with van der Waals surface area (Å²) in [4.78, 5) is 23.8. The van der Waals surface area contributed by atoms with Gasteiger partial charge in [-0.3, -0.25) is 9.59 Å². The third-order valence-electron chi connectivity index (χ3n) is 3.00. The summed E-state index contributed by atoms with van der Waals surface area (Å²) in [6.45, 7) is 1.65. The number of halogens is 1. The van der Waals surface area contributed by atoms with Gasteiger partial charge in [-0.15, -0.1) is 0 Å². The van der Waals surface area contributed by atoms with E-state index >= 15 is 0 Å². The molecule has 0 aromatic heterocycles. The highest BCUT2D eigenvalue weighted by Crippen LogP contribution is 2.12. The smallest absolute Gasteiger partial charge is 0.271 e. The first-order chi connectivity index (χ1) is 11.4. The van der Waals surface area contributed by atoms with Crippen molar-refractivity contribution in [2.24, 2.45) is 5.10 Å². The second-order valence-electron chi connectivity index (χ2n) is 5.07. The van der Waals surface area contributed by atoms with E-state index in [-0.39, 0.29) is 23.6 Å². The van der Waals surface area contributed by atoms with E-state index in [0.717, 1.165) is 3.57 Å². The zero-order valence-corrected chi connectivity index (χ0v) is 15.1. The van der Waals surface area contributed by atoms with E-state index in [9.17, 15) is 14.7 Å². The summed E-state index contributed by atoms with van der Waals surface area (Å²) in [6.07, 6.45) is 0.0618. The minimum Gasteiger partial charge on any atom is -0.508 e. The number of nitrogens with zero attached hydrogens (tertiary/aromatic N) is 1. The first-order valence-electron chi connectivity index (χ1n) is 7.12. The molecular weight excluding hydrogens is 421 g/mol. The molecule has 3 N–H and O–H groups in total. The van der Waals surface area contributed by atoms with E-state index in [4.69, 9.17) is 0 Å². The summed E-state index contributed by atoms with van der Waals surface area (Å²) in [5.41, 5.74) is 3.82. The number of rotatable bonds is 5. The number of aromatic hydroxyl groups is 1. The highest BCUT2D eigenvalue weighted by Gasteiger charge is 2.07. The third-order valence-corrected chi connectivity index (χ3v) is 3.72. The fourth-order valence-corrected chi connectivity index (χ4v) is 2.23. The fourth-order valence-electron chi connectivity index (χ4n) is 1.87. The van der Waals surface area contributed by atoms with Crippen LogP contribution in [0.4, 0.5) is 5.69 Å². The molecule has 2 aromatic carbocycles. The molecule has 124 valence electrons. The number of phenols is 1. The summed E-state index contributed by atoms with van der Waals surface area (Å²) < 4.78 is 1.08. The molecule has 0 unspecified atom stereocenters. The molecule has 0 aliphatic rings. The lowest BCUT2D eigenvalue weighted by Gasteiger charge is -2.06. The van der Waals surface area contributed by atoms with Gasteiger partial charge in [-0.05, 0) is 72.0 Å². The Hall–Kier alpha value is -2.42. The molecule has 0 bridgehead atoms. The standard InChI is InChI=1S/C17H16IN3O3/c1-11(9-16(23)19-14-7-5-13(18)6-8-14)20-21-17(24)12-3-2-4-15(22)10-12/h2-8,10,22H,9H2,1H3,(H,19,23)(H,21,24)/b20-11-. The zero-order chi connectivity index (χ0) is 17.5. The van der Waals surface area contributed by atoms with Crippen LogP contribution >= 0.6 is 22.6 Å². The molecule has 0 atom stereocenters. The van der Waals surface area contributed by atoms with E-state index in [1.165, 1.54) is 12.1 Å². The van der Waals surface area contributed by atoms with Gasteiger partial charge < -0.3 is 10.4 Å². The Bertz CT molecular complexity index is 773. The van der Waals surface area contributed by atoms with Crippen molar-refractivity contribution >= 4 is 45.8 Å². The van der Waals surface area contributed by atoms with Crippen molar-refractivity contribution in [3.05, 3.63) is 57.7 Å². The maximum absolute atomic E-state index is 11.9. The van der Waals surface area contributed by atoms with E-state index in [2.05, 4.69) is 38.4 Å². The van der Waals surface area contributed by atoms with E-state index in [1.807, 2.05) is 24.3 Å². The molecule has 0 heterocycles. The molecule has 2 amide bonds. The van der Waals surface area contributed by atoms with Crippen molar-refractivity contribution in [3.63, 3.8) is 0 Å². The maximum atomic E-state index is 11.9. The molecular formula is C17H16IN3O3. The number of anilines is 1. The molecule has 0 spiro atoms. The molecule has 0 radical (unpaired) electrons. The SMILES string of the molecule is C/C(CC(=O)Nc1ccc(I)cc1)=N/NC(=O)c1cccc(O)c1. The topological polar surface area (TPSA) is 90.8 Å². The van der Waals surface area contributed by atoms with Gasteiger partial charge in [0.25, 0.3) is 5.91 Å². The second-order valence-corrected chi connectivity index (χ2v) is 6.32. The zero-order valence-electron chi connectivity index (χ0n) is 12.9. The van der Waals surface area contributed by atoms with Crippen LogP contribution in [0.2, 0.25) is 0 Å². The Labute approximate surface area is 153 Å². The van der Waals surface area contributed by atoms with Crippen LogP contribution in [0.5, 0.6) is 5.75 Å². The normalized spacial score (nSPS) is 11.0. The predicted octanol–water partition coefficient (Wildman–Crippen LogP) is 3.13. The molecule has 2 rings (SSSR count). The lowest BCUT2D eigenvalue weighted by molar-refractivity contribution is -0.115. The number of nitrogens with one attached hydrogen (secondary N) is 2. The van der Waals surface area contributed by atoms with Gasteiger partial charge in [0, 0.05) is 20.5 Å². The first-order valence-corrected chi connectivity index (χ1v) is 8.20. The van der Waals surface area contributed by atoms with Crippen molar-refractivity contribution in [3.8, 4) is 5.75 Å². The fraction of sp³-hybridized carbons (Fsp3) is 0.118. The molecule has 6 nitrogen and oxygen atoms in total. The van der Waals surface area contributed by atoms with Crippen LogP contribution in [0.25, 0.3) is 0 Å². The Morgan fingerprint density at radius 3 is 2.54 bits per heavy atom. The average Bonchev–Trinajstić information content (AvgIpc) is 2.54. The van der Waals surface area contributed by atoms with Crippen LogP contribution in [0.1, 0.15) is 23.7 Å². The van der Waals surface area contributed by atoms with Gasteiger partial charge in [-0.1, -0.05) is 6.07 Å². The highest BCUT2D eigenvalue weighted by molar-refractivity contribution is 14.1. The van der Waals surface area contributed by atoms with Crippen LogP contribution in [-0.4, -0.2) is 22.6 Å². The maximum Gasteiger partial charge on any atom is 0.271 e. The van der Waals surface area contributed by atoms with Gasteiger partial charge in [-0.2, -0.15) is 5.10 Å². The first kappa shape index (κ1) is 17.9. The Morgan fingerprint density at radius 1 is 1.17 bits per heavy atom. The minimum absolute atomic E-state index is 0.000233. The summed E-state index contributed by atoms with van der Waals surface area (Å²) in [6, 6.07) is 13.4. The number of hydrogen-bond acceptors (Lipinski definition) is 4. The number of hydrogen-bond donors (Lipinski definition) is 3. The van der Waals surface area contributed by atoms with E-state index in [1.54, 1.807) is 19.1 Å². The van der Waals surface area contributed by atoms with Gasteiger partial charge in [0.2, 0.25) is 5.91 Å². The van der Waals surface area contributed by atoms with Crippen molar-refractivity contribution in [1.29, 1.82) is 0 Å². The van der Waals surface area contributed by atoms with Crippen molar-refractivity contribution < 1.29 is 14.7 Å². The van der Waals surface area contributed by atoms with Crippen molar-refractivity contribution in [1.82, 2.24) is 5.43 Å². The van der Waals surface area contributed by atoms with Gasteiger partial charge >= 0.3 is 0 Å². The average molecular weight is 437 g/mol. The summed E-state index contributed by atoms with van der Waals surface area (Å²) in [5, 5.41) is 16.0. The molecule has 0 aliphatic carbocycles. The Kier molecular flexibility index (Phi) is 6.30. The van der Waals surface area contributed by atoms with Crippen LogP contribution in [-0.2, 0) is 4.79 Å². The van der Waals surface area contributed by atoms with Crippen molar-refractivity contribution in [2.75, 3.05) is 5.32 Å². The number of carbonyl (C=O) groups is 2. The van der Waals surface area contributed by atoms with E-state index in [0.29, 0.717) is 11.4 Å². The number of hydrazone groups is 1. The number of carbonyl (C=O) groups excluding carboxylic acids is 2. The largest absolute Gasteiger partial charge is 0.508 e. The summed E-state index contributed by atoms with van der Waals surface area (Å²) in [7, 11) is 0. The van der Waals surface area contributed by atoms with Gasteiger partial charge in [0.1, 0.15) is 5.75 Å². The number of benzene rings is 2. The monoisotopic (exact) mass is 437 g/mol. The molecule has 0 aliphatic heterocycles. The Balaban J connectivity index is 1.87. The minimum atomic E-state index is -0.455. The second kappa shape index (κ2) is 8.44. The summed E-state index contributed by atoms with van der Waals surface area (Å²) in [5.74, 6) is -0.674. The van der Waals surface area contributed by atoms with Crippen LogP contribution in [0, 0.1) is 3.57 Å². The van der Waals surface area contributed by atoms with Crippen LogP contribution in [0.15, 0.2) is 53.6 Å². The molecule has 2 aromatic rings. The predicted molar refractivity (Wildman–Crippen MR) is 101 cm³/mol. The van der Waals surface area contributed by atoms with Gasteiger partial charge in [-0.25, -0.2) is 5.43 Å². The van der Waals surface area contributed by atoms with E-state index < -0.39 is 5.91 Å². The van der Waals surface area contributed by atoms with Crippen LogP contribution in [0.3, 0.4) is 0 Å². The Morgan fingerprint density at radius 2 is 1.88 bits per heavy atom. The molecule has 0 saturated heterocycles. The quantitative estimate of drug-likeness (QED) is 0.382. The molecule has 0 saturated carbocycles. The van der Waals surface area contributed by atoms with Gasteiger partial charge in [0.15, 0.2) is 0 Å². The van der Waals surface area contributed by atoms with Crippen LogP contribution < -0.4 is 10.7 Å². The van der Waals surface area contributed by atoms with Crippen molar-refractivity contribution in [2.45, 2.75) is 13.3 Å². The summed E-state index contributed by atoms with van der Waals surface area (Å²) >= 11 is 2.19. The molecule has 24 heavy (non-hydrogen) atoms. The van der Waals surface area contributed by atoms with Gasteiger partial charge in [0.05, 0.1) is 6.42 Å². The number of amides is 2. The third kappa shape index (κ3) is 5.65. The number of phenolic OH excluding ortho intramolecular Hbond substituents is 1.